The number of fused-ring (bicyclic) bond motifs is 1. The van der Waals surface area contributed by atoms with Gasteiger partial charge in [-0.1, -0.05) is 0 Å². The van der Waals surface area contributed by atoms with E-state index in [-0.39, 0.29) is 6.54 Å². The molecule has 2 heterocycles. The second kappa shape index (κ2) is 8.56. The highest BCUT2D eigenvalue weighted by molar-refractivity contribution is 7.88. The lowest BCUT2D eigenvalue weighted by molar-refractivity contribution is 0.131. The molecule has 140 valence electrons. The Hall–Kier alpha value is -1.75. The quantitative estimate of drug-likeness (QED) is 0.567. The summed E-state index contributed by atoms with van der Waals surface area (Å²) in [5.74, 6) is 1.26. The summed E-state index contributed by atoms with van der Waals surface area (Å²) in [6, 6.07) is 1.94. The first-order chi connectivity index (χ1) is 11.8. The molecule has 0 atom stereocenters. The van der Waals surface area contributed by atoms with Crippen LogP contribution in [-0.4, -0.2) is 62.7 Å². The van der Waals surface area contributed by atoms with E-state index >= 15 is 0 Å². The van der Waals surface area contributed by atoms with Gasteiger partial charge in [0.15, 0.2) is 5.82 Å². The van der Waals surface area contributed by atoms with Crippen LogP contribution in [0.5, 0.6) is 0 Å². The van der Waals surface area contributed by atoms with Gasteiger partial charge in [0.1, 0.15) is 11.3 Å². The number of anilines is 1. The van der Waals surface area contributed by atoms with Crippen LogP contribution >= 0.6 is 0 Å². The smallest absolute Gasteiger partial charge is 0.208 e. The van der Waals surface area contributed by atoms with E-state index in [1.165, 1.54) is 0 Å². The summed E-state index contributed by atoms with van der Waals surface area (Å²) < 4.78 is 37.1. The van der Waals surface area contributed by atoms with Crippen molar-refractivity contribution in [2.75, 3.05) is 45.5 Å². The molecule has 0 unspecified atom stereocenters. The summed E-state index contributed by atoms with van der Waals surface area (Å²) in [6.45, 7) is 3.99. The van der Waals surface area contributed by atoms with Crippen molar-refractivity contribution in [1.82, 2.24) is 19.3 Å². The van der Waals surface area contributed by atoms with Crippen LogP contribution in [0.4, 0.5) is 5.82 Å². The van der Waals surface area contributed by atoms with Crippen LogP contribution in [0.2, 0.25) is 0 Å². The van der Waals surface area contributed by atoms with Gasteiger partial charge in [-0.05, 0) is 13.0 Å². The molecule has 10 heteroatoms. The highest BCUT2D eigenvalue weighted by atomic mass is 32.2. The maximum Gasteiger partial charge on any atom is 0.208 e. The number of ether oxygens (including phenoxy) is 2. The highest BCUT2D eigenvalue weighted by Crippen LogP contribution is 2.22. The number of pyridine rings is 1. The predicted molar refractivity (Wildman–Crippen MR) is 95.9 cm³/mol. The second-order valence-corrected chi connectivity index (χ2v) is 7.55. The van der Waals surface area contributed by atoms with Crippen molar-refractivity contribution in [2.24, 2.45) is 0 Å². The molecule has 0 aliphatic rings. The van der Waals surface area contributed by atoms with Crippen molar-refractivity contribution < 1.29 is 17.9 Å². The van der Waals surface area contributed by atoms with Crippen LogP contribution in [0.1, 0.15) is 11.5 Å². The Balaban J connectivity index is 2.07. The molecule has 25 heavy (non-hydrogen) atoms. The van der Waals surface area contributed by atoms with Gasteiger partial charge >= 0.3 is 0 Å². The third kappa shape index (κ3) is 5.63. The second-order valence-electron chi connectivity index (χ2n) is 5.72. The Morgan fingerprint density at radius 2 is 2.04 bits per heavy atom. The normalized spacial score (nSPS) is 12.1. The molecule has 0 amide bonds. The molecule has 0 radical (unpaired) electrons. The maximum atomic E-state index is 11.0. The number of hydrogen-bond donors (Lipinski definition) is 2. The van der Waals surface area contributed by atoms with E-state index < -0.39 is 10.0 Å². The minimum absolute atomic E-state index is 0.246. The Labute approximate surface area is 147 Å². The monoisotopic (exact) mass is 371 g/mol. The van der Waals surface area contributed by atoms with E-state index in [2.05, 4.69) is 14.7 Å². The first kappa shape index (κ1) is 19.6. The third-order valence-corrected chi connectivity index (χ3v) is 4.30. The number of nitrogens with zero attached hydrogens (tertiary/aromatic N) is 3. The topological polar surface area (TPSA) is 121 Å². The Bertz CT molecular complexity index is 819. The largest absolute Gasteiger partial charge is 0.384 e. The van der Waals surface area contributed by atoms with Crippen molar-refractivity contribution in [3.05, 3.63) is 17.6 Å². The van der Waals surface area contributed by atoms with Gasteiger partial charge in [-0.2, -0.15) is 0 Å². The van der Waals surface area contributed by atoms with Crippen molar-refractivity contribution in [1.29, 1.82) is 0 Å². The Morgan fingerprint density at radius 3 is 2.72 bits per heavy atom. The number of methoxy groups -OCH3 is 1. The van der Waals surface area contributed by atoms with Crippen molar-refractivity contribution >= 4 is 26.9 Å². The summed E-state index contributed by atoms with van der Waals surface area (Å²) in [7, 11) is -1.55. The van der Waals surface area contributed by atoms with Gasteiger partial charge < -0.3 is 19.8 Å². The van der Waals surface area contributed by atoms with Crippen molar-refractivity contribution in [3.8, 4) is 0 Å². The van der Waals surface area contributed by atoms with Gasteiger partial charge in [-0.15, -0.1) is 0 Å². The molecule has 0 fully saturated rings. The molecule has 0 saturated carbocycles. The molecule has 9 nitrogen and oxygen atoms in total. The standard InChI is InChI=1S/C15H25N5O4S/c1-11-10-12-14(15(16)18-11)19-13(4-7-23-2)20(12)6-9-24-8-5-17-25(3,21)22/h10,17H,4-9H2,1-3H3,(H2,16,18). The summed E-state index contributed by atoms with van der Waals surface area (Å²) >= 11 is 0. The number of nitrogens with one attached hydrogen (secondary N) is 1. The molecular weight excluding hydrogens is 346 g/mol. The fourth-order valence-electron chi connectivity index (χ4n) is 2.51. The number of imidazole rings is 1. The molecule has 0 aliphatic carbocycles. The van der Waals surface area contributed by atoms with Gasteiger partial charge in [0, 0.05) is 32.3 Å². The van der Waals surface area contributed by atoms with E-state index in [1.54, 1.807) is 7.11 Å². The summed E-state index contributed by atoms with van der Waals surface area (Å²) in [5.41, 5.74) is 8.40. The number of nitrogen functional groups attached to an aromatic ring is 1. The van der Waals surface area contributed by atoms with Gasteiger partial charge in [0.2, 0.25) is 10.0 Å². The lowest BCUT2D eigenvalue weighted by Crippen LogP contribution is -2.26. The average molecular weight is 371 g/mol. The number of hydrogen-bond acceptors (Lipinski definition) is 7. The molecule has 0 aromatic carbocycles. The van der Waals surface area contributed by atoms with Crippen LogP contribution < -0.4 is 10.5 Å². The number of aromatic nitrogens is 3. The van der Waals surface area contributed by atoms with E-state index in [1.807, 2.05) is 17.6 Å². The zero-order valence-corrected chi connectivity index (χ0v) is 15.6. The number of nitrogens with two attached hydrogens (primary N) is 1. The lowest BCUT2D eigenvalue weighted by Gasteiger charge is -2.10. The Morgan fingerprint density at radius 1 is 1.28 bits per heavy atom. The van der Waals surface area contributed by atoms with Gasteiger partial charge in [0.25, 0.3) is 0 Å². The van der Waals surface area contributed by atoms with Crippen LogP contribution in [0.15, 0.2) is 6.07 Å². The fraction of sp³-hybridized carbons (Fsp3) is 0.600. The number of sulfonamides is 1. The zero-order chi connectivity index (χ0) is 18.4. The van der Waals surface area contributed by atoms with E-state index in [0.717, 1.165) is 23.3 Å². The molecule has 0 bridgehead atoms. The average Bonchev–Trinajstić information content (AvgIpc) is 2.86. The van der Waals surface area contributed by atoms with Crippen LogP contribution in [-0.2, 0) is 32.5 Å². The van der Waals surface area contributed by atoms with Gasteiger partial charge in [0.05, 0.1) is 31.6 Å². The van der Waals surface area contributed by atoms with E-state index in [0.29, 0.717) is 44.1 Å². The van der Waals surface area contributed by atoms with Crippen LogP contribution in [0.25, 0.3) is 11.0 Å². The highest BCUT2D eigenvalue weighted by Gasteiger charge is 2.14. The molecule has 0 spiro atoms. The zero-order valence-electron chi connectivity index (χ0n) is 14.8. The summed E-state index contributed by atoms with van der Waals surface area (Å²) in [6.07, 6.45) is 1.77. The predicted octanol–water partition coefficient (Wildman–Crippen LogP) is 0.0766. The molecule has 2 aromatic rings. The van der Waals surface area contributed by atoms with Crippen molar-refractivity contribution in [2.45, 2.75) is 19.9 Å². The fourth-order valence-corrected chi connectivity index (χ4v) is 2.97. The van der Waals surface area contributed by atoms with E-state index in [4.69, 9.17) is 15.2 Å². The molecule has 2 rings (SSSR count). The first-order valence-electron chi connectivity index (χ1n) is 7.95. The summed E-state index contributed by atoms with van der Waals surface area (Å²) in [5, 5.41) is 0. The summed E-state index contributed by atoms with van der Waals surface area (Å²) in [4.78, 5) is 8.84. The SMILES string of the molecule is COCCc1nc2c(N)nc(C)cc2n1CCOCCNS(C)(=O)=O. The van der Waals surface area contributed by atoms with Crippen molar-refractivity contribution in [3.63, 3.8) is 0 Å². The maximum absolute atomic E-state index is 11.0. The van der Waals surface area contributed by atoms with E-state index in [9.17, 15) is 8.42 Å². The lowest BCUT2D eigenvalue weighted by atomic mass is 10.3. The first-order valence-corrected chi connectivity index (χ1v) is 9.84. The number of aryl methyl sites for hydroxylation is 1. The van der Waals surface area contributed by atoms with Gasteiger partial charge in [-0.3, -0.25) is 0 Å². The molecule has 3 N–H and O–H groups in total. The molecular formula is C15H25N5O4S. The minimum atomic E-state index is -3.19. The van der Waals surface area contributed by atoms with Crippen LogP contribution in [0.3, 0.4) is 0 Å². The number of rotatable bonds is 10. The molecule has 2 aromatic heterocycles. The van der Waals surface area contributed by atoms with Gasteiger partial charge in [-0.25, -0.2) is 23.1 Å². The molecule has 0 aliphatic heterocycles. The molecule has 0 saturated heterocycles. The third-order valence-electron chi connectivity index (χ3n) is 3.57. The Kier molecular flexibility index (Phi) is 6.71. The minimum Gasteiger partial charge on any atom is -0.384 e. The van der Waals surface area contributed by atoms with Crippen LogP contribution in [0, 0.1) is 6.92 Å².